The first kappa shape index (κ1) is 21.8. The zero-order valence-corrected chi connectivity index (χ0v) is 15.6. The lowest BCUT2D eigenvalue weighted by molar-refractivity contribution is -0.203. The van der Waals surface area contributed by atoms with Gasteiger partial charge in [0, 0.05) is 6.42 Å². The quantitative estimate of drug-likeness (QED) is 0.616. The Bertz CT molecular complexity index is 1120. The van der Waals surface area contributed by atoms with Crippen LogP contribution in [-0.2, 0) is 12.6 Å². The Labute approximate surface area is 165 Å². The van der Waals surface area contributed by atoms with Crippen molar-refractivity contribution in [3.63, 3.8) is 0 Å². The summed E-state index contributed by atoms with van der Waals surface area (Å²) in [7, 11) is 0. The van der Waals surface area contributed by atoms with Crippen LogP contribution in [0.15, 0.2) is 29.1 Å². The Hall–Kier alpha value is -2.89. The van der Waals surface area contributed by atoms with Crippen LogP contribution in [0, 0.1) is 6.92 Å². The van der Waals surface area contributed by atoms with Crippen LogP contribution in [-0.4, -0.2) is 37.1 Å². The molecule has 0 amide bonds. The first-order chi connectivity index (χ1) is 13.8. The van der Waals surface area contributed by atoms with Gasteiger partial charge in [0.25, 0.3) is 5.56 Å². The van der Waals surface area contributed by atoms with Crippen molar-refractivity contribution in [3.05, 3.63) is 57.3 Å². The van der Waals surface area contributed by atoms with Crippen molar-refractivity contribution in [2.75, 3.05) is 0 Å². The van der Waals surface area contributed by atoms with E-state index in [4.69, 9.17) is 0 Å². The molecule has 2 heterocycles. The summed E-state index contributed by atoms with van der Waals surface area (Å²) in [6, 6.07) is 3.42. The van der Waals surface area contributed by atoms with E-state index in [0.717, 1.165) is 12.1 Å². The van der Waals surface area contributed by atoms with Gasteiger partial charge in [-0.3, -0.25) is 4.79 Å². The molecule has 3 aromatic rings. The van der Waals surface area contributed by atoms with E-state index in [1.54, 1.807) is 6.92 Å². The predicted molar refractivity (Wildman–Crippen MR) is 93.9 cm³/mol. The van der Waals surface area contributed by atoms with Crippen molar-refractivity contribution in [2.45, 2.75) is 44.8 Å². The smallest absolute Gasteiger partial charge is 0.383 e. The summed E-state index contributed by atoms with van der Waals surface area (Å²) in [5, 5.41) is 13.2. The highest BCUT2D eigenvalue weighted by atomic mass is 19.4. The maximum absolute atomic E-state index is 12.8. The van der Waals surface area contributed by atoms with Crippen molar-refractivity contribution in [3.8, 4) is 0 Å². The Morgan fingerprint density at radius 2 is 1.73 bits per heavy atom. The minimum absolute atomic E-state index is 0.0342. The minimum Gasteiger partial charge on any atom is -0.383 e. The van der Waals surface area contributed by atoms with Crippen LogP contribution < -0.4 is 5.56 Å². The summed E-state index contributed by atoms with van der Waals surface area (Å²) in [6.45, 7) is 3.02. The van der Waals surface area contributed by atoms with Crippen LogP contribution in [0.1, 0.15) is 35.6 Å². The molecule has 3 rings (SSSR count). The Morgan fingerprint density at radius 1 is 1.13 bits per heavy atom. The van der Waals surface area contributed by atoms with Gasteiger partial charge in [-0.25, -0.2) is 9.67 Å². The molecule has 12 heteroatoms. The number of aliphatic hydroxyl groups is 1. The number of benzene rings is 1. The normalized spacial score (nSPS) is 14.8. The summed E-state index contributed by atoms with van der Waals surface area (Å²) in [6.07, 6.45) is -13.2. The lowest BCUT2D eigenvalue weighted by atomic mass is 10.1. The molecule has 2 aromatic heterocycles. The third kappa shape index (κ3) is 4.18. The Balaban J connectivity index is 2.10. The topological polar surface area (TPSA) is 83.8 Å². The molecule has 0 fully saturated rings. The molecule has 0 aliphatic heterocycles. The fourth-order valence-corrected chi connectivity index (χ4v) is 3.03. The monoisotopic (exact) mass is 434 g/mol. The van der Waals surface area contributed by atoms with Crippen LogP contribution in [0.2, 0.25) is 0 Å². The zero-order valence-electron chi connectivity index (χ0n) is 15.6. The summed E-state index contributed by atoms with van der Waals surface area (Å²) < 4.78 is 77.9. The number of rotatable bonds is 4. The molecule has 30 heavy (non-hydrogen) atoms. The van der Waals surface area contributed by atoms with Gasteiger partial charge < -0.3 is 10.1 Å². The number of H-pyrrole nitrogens is 1. The summed E-state index contributed by atoms with van der Waals surface area (Å²) in [5.41, 5.74) is -1.57. The number of nitrogens with one attached hydrogen (secondary N) is 1. The lowest BCUT2D eigenvalue weighted by Crippen LogP contribution is -2.31. The first-order valence-corrected chi connectivity index (χ1v) is 8.69. The molecule has 0 aliphatic carbocycles. The number of aliphatic hydroxyl groups excluding tert-OH is 1. The third-order valence-corrected chi connectivity index (χ3v) is 4.60. The fourth-order valence-electron chi connectivity index (χ4n) is 3.03. The van der Waals surface area contributed by atoms with E-state index in [0.29, 0.717) is 5.56 Å². The van der Waals surface area contributed by atoms with Gasteiger partial charge in [0.15, 0.2) is 11.8 Å². The lowest BCUT2D eigenvalue weighted by Gasteiger charge is -2.15. The van der Waals surface area contributed by atoms with Gasteiger partial charge in [0.2, 0.25) is 0 Å². The molecule has 2 atom stereocenters. The van der Waals surface area contributed by atoms with E-state index in [1.807, 2.05) is 0 Å². The first-order valence-electron chi connectivity index (χ1n) is 8.69. The van der Waals surface area contributed by atoms with E-state index in [-0.39, 0.29) is 22.6 Å². The van der Waals surface area contributed by atoms with Crippen molar-refractivity contribution in [2.24, 2.45) is 0 Å². The molecule has 0 saturated carbocycles. The molecular weight excluding hydrogens is 418 g/mol. The van der Waals surface area contributed by atoms with E-state index in [9.17, 15) is 36.2 Å². The average Bonchev–Trinajstić information content (AvgIpc) is 2.98. The number of aromatic nitrogens is 4. The summed E-state index contributed by atoms with van der Waals surface area (Å²) in [4.78, 5) is 18.8. The second-order valence-electron chi connectivity index (χ2n) is 6.80. The number of halogens is 6. The minimum atomic E-state index is -4.92. The van der Waals surface area contributed by atoms with E-state index >= 15 is 0 Å². The molecule has 2 N–H and O–H groups in total. The molecular formula is C18H16F6N4O2. The van der Waals surface area contributed by atoms with Crippen LogP contribution in [0.25, 0.3) is 11.0 Å². The van der Waals surface area contributed by atoms with Gasteiger partial charge in [-0.2, -0.15) is 31.4 Å². The standard InChI is InChI=1S/C18H16F6N4O2/c1-8(10-3-5-11(6-4-10)17(19,20)21)28-15-14(16(30)26-9(2)25-15)12(27-28)7-13(29)18(22,23)24/h3-6,8,13,29H,7H2,1-2H3,(H,25,26,30)/t8-,13?/m1/s1. The Morgan fingerprint density at radius 3 is 2.27 bits per heavy atom. The van der Waals surface area contributed by atoms with Crippen molar-refractivity contribution >= 4 is 11.0 Å². The van der Waals surface area contributed by atoms with Crippen molar-refractivity contribution in [1.29, 1.82) is 0 Å². The number of fused-ring (bicyclic) bond motifs is 1. The largest absolute Gasteiger partial charge is 0.416 e. The van der Waals surface area contributed by atoms with E-state index < -0.39 is 42.0 Å². The van der Waals surface area contributed by atoms with Gasteiger partial charge in [0.1, 0.15) is 11.2 Å². The maximum atomic E-state index is 12.8. The van der Waals surface area contributed by atoms with Crippen molar-refractivity contribution in [1.82, 2.24) is 19.7 Å². The molecule has 0 spiro atoms. The second-order valence-corrected chi connectivity index (χ2v) is 6.80. The molecule has 162 valence electrons. The fraction of sp³-hybridized carbons (Fsp3) is 0.389. The average molecular weight is 434 g/mol. The SMILES string of the molecule is Cc1nc2c(c(CC(O)C(F)(F)F)nn2[C@H](C)c2ccc(C(F)(F)F)cc2)c(=O)[nH]1. The van der Waals surface area contributed by atoms with Gasteiger partial charge in [-0.05, 0) is 31.5 Å². The molecule has 6 nitrogen and oxygen atoms in total. The van der Waals surface area contributed by atoms with Gasteiger partial charge in [0.05, 0.1) is 17.3 Å². The molecule has 1 unspecified atom stereocenters. The number of hydrogen-bond donors (Lipinski definition) is 2. The number of aromatic amines is 1. The zero-order chi connectivity index (χ0) is 22.4. The number of nitrogens with zero attached hydrogens (tertiary/aromatic N) is 3. The highest BCUT2D eigenvalue weighted by molar-refractivity contribution is 5.77. The van der Waals surface area contributed by atoms with E-state index in [1.165, 1.54) is 23.7 Å². The van der Waals surface area contributed by atoms with E-state index in [2.05, 4.69) is 15.1 Å². The van der Waals surface area contributed by atoms with Gasteiger partial charge >= 0.3 is 12.4 Å². The summed E-state index contributed by atoms with van der Waals surface area (Å²) >= 11 is 0. The second kappa shape index (κ2) is 7.42. The highest BCUT2D eigenvalue weighted by Crippen LogP contribution is 2.31. The maximum Gasteiger partial charge on any atom is 0.416 e. The van der Waals surface area contributed by atoms with Gasteiger partial charge in [-0.1, -0.05) is 12.1 Å². The number of hydrogen-bond acceptors (Lipinski definition) is 4. The van der Waals surface area contributed by atoms with Crippen LogP contribution in [0.3, 0.4) is 0 Å². The van der Waals surface area contributed by atoms with Crippen molar-refractivity contribution < 1.29 is 31.4 Å². The van der Waals surface area contributed by atoms with Crippen LogP contribution >= 0.6 is 0 Å². The van der Waals surface area contributed by atoms with Crippen LogP contribution in [0.5, 0.6) is 0 Å². The molecule has 0 aliphatic rings. The van der Waals surface area contributed by atoms with Crippen LogP contribution in [0.4, 0.5) is 26.3 Å². The molecule has 0 radical (unpaired) electrons. The van der Waals surface area contributed by atoms with Gasteiger partial charge in [-0.15, -0.1) is 0 Å². The molecule has 0 saturated heterocycles. The molecule has 1 aromatic carbocycles. The molecule has 0 bridgehead atoms. The third-order valence-electron chi connectivity index (χ3n) is 4.60. The predicted octanol–water partition coefficient (Wildman–Crippen LogP) is 3.52. The number of alkyl halides is 6. The number of aryl methyl sites for hydroxylation is 1. The Kier molecular flexibility index (Phi) is 5.39. The highest BCUT2D eigenvalue weighted by Gasteiger charge is 2.39. The summed E-state index contributed by atoms with van der Waals surface area (Å²) in [5.74, 6) is 0.177.